The van der Waals surface area contributed by atoms with Gasteiger partial charge in [-0.05, 0) is 53.8 Å². The van der Waals surface area contributed by atoms with Gasteiger partial charge >= 0.3 is 0 Å². The van der Waals surface area contributed by atoms with Crippen LogP contribution in [0.15, 0.2) is 59.2 Å². The van der Waals surface area contributed by atoms with Crippen LogP contribution in [0.25, 0.3) is 6.08 Å². The number of anilines is 1. The normalized spacial score (nSPS) is 16.5. The lowest BCUT2D eigenvalue weighted by Crippen LogP contribution is -2.21. The monoisotopic (exact) mass is 352 g/mol. The maximum Gasteiger partial charge on any atom is 0.280 e. The Morgan fingerprint density at radius 2 is 1.60 bits per heavy atom. The Bertz CT molecular complexity index is 856. The van der Waals surface area contributed by atoms with E-state index in [1.54, 1.807) is 24.3 Å². The summed E-state index contributed by atoms with van der Waals surface area (Å²) >= 11 is 5.91. The number of hydrazone groups is 1. The van der Waals surface area contributed by atoms with Crippen LogP contribution in [-0.2, 0) is 10.2 Å². The fourth-order valence-electron chi connectivity index (χ4n) is 2.69. The van der Waals surface area contributed by atoms with Crippen molar-refractivity contribution in [1.29, 1.82) is 0 Å². The molecule has 2 aromatic rings. The first-order valence-electron chi connectivity index (χ1n) is 8.23. The third-order valence-electron chi connectivity index (χ3n) is 4.22. The Hall–Kier alpha value is -2.39. The number of nitrogens with zero attached hydrogens (tertiary/aromatic N) is 2. The fraction of sp³-hybridized carbons (Fsp3) is 0.238. The second-order valence-corrected chi connectivity index (χ2v) is 7.65. The number of amides is 1. The van der Waals surface area contributed by atoms with Crippen molar-refractivity contribution in [3.63, 3.8) is 0 Å². The summed E-state index contributed by atoms with van der Waals surface area (Å²) in [7, 11) is 0. The molecule has 3 rings (SSSR count). The van der Waals surface area contributed by atoms with Gasteiger partial charge in [0.2, 0.25) is 0 Å². The molecule has 0 saturated carbocycles. The summed E-state index contributed by atoms with van der Waals surface area (Å²) in [6.45, 7) is 8.40. The van der Waals surface area contributed by atoms with E-state index < -0.39 is 0 Å². The molecule has 1 aliphatic rings. The molecule has 0 bridgehead atoms. The fourth-order valence-corrected chi connectivity index (χ4v) is 2.81. The smallest absolute Gasteiger partial charge is 0.267 e. The molecule has 0 unspecified atom stereocenters. The summed E-state index contributed by atoms with van der Waals surface area (Å²) in [5.41, 5.74) is 4.39. The second kappa shape index (κ2) is 6.49. The predicted molar refractivity (Wildman–Crippen MR) is 105 cm³/mol. The predicted octanol–water partition coefficient (Wildman–Crippen LogP) is 5.44. The molecule has 25 heavy (non-hydrogen) atoms. The van der Waals surface area contributed by atoms with Gasteiger partial charge < -0.3 is 0 Å². The Balaban J connectivity index is 1.88. The maximum absolute atomic E-state index is 12.7. The minimum absolute atomic E-state index is 0.109. The molecule has 0 spiro atoms. The topological polar surface area (TPSA) is 32.7 Å². The average molecular weight is 353 g/mol. The van der Waals surface area contributed by atoms with Crippen LogP contribution in [0, 0.1) is 0 Å². The van der Waals surface area contributed by atoms with E-state index in [0.29, 0.717) is 22.0 Å². The molecular weight excluding hydrogens is 332 g/mol. The highest BCUT2D eigenvalue weighted by atomic mass is 35.5. The summed E-state index contributed by atoms with van der Waals surface area (Å²) in [6.07, 6.45) is 1.89. The zero-order valence-corrected chi connectivity index (χ0v) is 15.6. The van der Waals surface area contributed by atoms with Gasteiger partial charge in [0, 0.05) is 5.02 Å². The lowest BCUT2D eigenvalue weighted by molar-refractivity contribution is -0.114. The Morgan fingerprint density at radius 3 is 2.16 bits per heavy atom. The van der Waals surface area contributed by atoms with E-state index in [1.807, 2.05) is 25.1 Å². The van der Waals surface area contributed by atoms with Gasteiger partial charge in [-0.3, -0.25) is 4.79 Å². The zero-order chi connectivity index (χ0) is 18.2. The SMILES string of the molecule is CC1=NN(c2ccc(Cl)cc2)C(=O)/C1=C/c1ccc(C(C)(C)C)cc1. The quantitative estimate of drug-likeness (QED) is 0.662. The molecule has 0 aliphatic carbocycles. The highest BCUT2D eigenvalue weighted by Crippen LogP contribution is 2.27. The number of rotatable bonds is 2. The van der Waals surface area contributed by atoms with Crippen molar-refractivity contribution in [3.05, 3.63) is 70.3 Å². The number of halogens is 1. The number of benzene rings is 2. The largest absolute Gasteiger partial charge is 0.280 e. The van der Waals surface area contributed by atoms with Crippen LogP contribution in [0.5, 0.6) is 0 Å². The highest BCUT2D eigenvalue weighted by molar-refractivity contribution is 6.32. The van der Waals surface area contributed by atoms with Gasteiger partial charge in [0.25, 0.3) is 5.91 Å². The molecular formula is C21H21ClN2O. The maximum atomic E-state index is 12.7. The van der Waals surface area contributed by atoms with Gasteiger partial charge in [-0.2, -0.15) is 10.1 Å². The molecule has 0 fully saturated rings. The molecule has 2 aromatic carbocycles. The molecule has 128 valence electrons. The van der Waals surface area contributed by atoms with Crippen LogP contribution >= 0.6 is 11.6 Å². The molecule has 0 aromatic heterocycles. The number of hydrogen-bond acceptors (Lipinski definition) is 2. The molecule has 1 amide bonds. The molecule has 4 heteroatoms. The van der Waals surface area contributed by atoms with Gasteiger partial charge in [-0.15, -0.1) is 0 Å². The van der Waals surface area contributed by atoms with E-state index in [-0.39, 0.29) is 11.3 Å². The Kier molecular flexibility index (Phi) is 4.53. The van der Waals surface area contributed by atoms with Crippen LogP contribution in [0.2, 0.25) is 5.02 Å². The van der Waals surface area contributed by atoms with Crippen LogP contribution in [0.1, 0.15) is 38.8 Å². The van der Waals surface area contributed by atoms with E-state index in [4.69, 9.17) is 11.6 Å². The van der Waals surface area contributed by atoms with Crippen molar-refractivity contribution < 1.29 is 4.79 Å². The van der Waals surface area contributed by atoms with Crippen LogP contribution in [0.4, 0.5) is 5.69 Å². The van der Waals surface area contributed by atoms with E-state index in [9.17, 15) is 4.79 Å². The van der Waals surface area contributed by atoms with Crippen LogP contribution in [-0.4, -0.2) is 11.6 Å². The zero-order valence-electron chi connectivity index (χ0n) is 14.9. The first kappa shape index (κ1) is 17.4. The molecule has 0 N–H and O–H groups in total. The van der Waals surface area contributed by atoms with E-state index in [0.717, 1.165) is 5.56 Å². The second-order valence-electron chi connectivity index (χ2n) is 7.21. The minimum atomic E-state index is -0.125. The van der Waals surface area contributed by atoms with Gasteiger partial charge in [-0.25, -0.2) is 0 Å². The van der Waals surface area contributed by atoms with Gasteiger partial charge in [0.15, 0.2) is 0 Å². The van der Waals surface area contributed by atoms with E-state index >= 15 is 0 Å². The summed E-state index contributed by atoms with van der Waals surface area (Å²) in [5, 5.41) is 6.44. The molecule has 1 aliphatic heterocycles. The van der Waals surface area contributed by atoms with Crippen molar-refractivity contribution in [2.24, 2.45) is 5.10 Å². The molecule has 3 nitrogen and oxygen atoms in total. The van der Waals surface area contributed by atoms with E-state index in [1.165, 1.54) is 10.6 Å². The lowest BCUT2D eigenvalue weighted by Gasteiger charge is -2.18. The summed E-state index contributed by atoms with van der Waals surface area (Å²) < 4.78 is 0. The lowest BCUT2D eigenvalue weighted by atomic mass is 9.86. The van der Waals surface area contributed by atoms with Crippen LogP contribution in [0.3, 0.4) is 0 Å². The van der Waals surface area contributed by atoms with E-state index in [2.05, 4.69) is 38.0 Å². The standard InChI is InChI=1S/C21H21ClN2O/c1-14-19(13-15-5-7-16(8-6-15)21(2,3)4)20(25)24(23-14)18-11-9-17(22)10-12-18/h5-13H,1-4H3/b19-13+. The first-order valence-corrected chi connectivity index (χ1v) is 8.61. The minimum Gasteiger partial charge on any atom is -0.267 e. The molecule has 1 heterocycles. The molecule has 0 radical (unpaired) electrons. The van der Waals surface area contributed by atoms with Gasteiger partial charge in [0.05, 0.1) is 17.0 Å². The summed E-state index contributed by atoms with van der Waals surface area (Å²) in [5.74, 6) is -0.125. The van der Waals surface area contributed by atoms with Crippen molar-refractivity contribution in [3.8, 4) is 0 Å². The number of carbonyl (C=O) groups is 1. The number of hydrogen-bond donors (Lipinski definition) is 0. The summed E-state index contributed by atoms with van der Waals surface area (Å²) in [6, 6.07) is 15.4. The van der Waals surface area contributed by atoms with Gasteiger partial charge in [-0.1, -0.05) is 56.6 Å². The van der Waals surface area contributed by atoms with Crippen molar-refractivity contribution in [2.45, 2.75) is 33.1 Å². The third-order valence-corrected chi connectivity index (χ3v) is 4.47. The molecule has 0 atom stereocenters. The number of carbonyl (C=O) groups excluding carboxylic acids is 1. The average Bonchev–Trinajstić information content (AvgIpc) is 2.83. The summed E-state index contributed by atoms with van der Waals surface area (Å²) in [4.78, 5) is 12.7. The highest BCUT2D eigenvalue weighted by Gasteiger charge is 2.28. The molecule has 0 saturated heterocycles. The third kappa shape index (κ3) is 3.67. The van der Waals surface area contributed by atoms with Crippen molar-refractivity contribution >= 4 is 35.0 Å². The van der Waals surface area contributed by atoms with Gasteiger partial charge in [0.1, 0.15) is 0 Å². The van der Waals surface area contributed by atoms with Crippen molar-refractivity contribution in [1.82, 2.24) is 0 Å². The Labute approximate surface area is 153 Å². The first-order chi connectivity index (χ1) is 11.8. The van der Waals surface area contributed by atoms with Crippen LogP contribution < -0.4 is 5.01 Å². The van der Waals surface area contributed by atoms with Crippen molar-refractivity contribution in [2.75, 3.05) is 5.01 Å². The Morgan fingerprint density at radius 1 is 1.00 bits per heavy atom.